The van der Waals surface area contributed by atoms with Crippen LogP contribution in [0.25, 0.3) is 0 Å². The van der Waals surface area contributed by atoms with Gasteiger partial charge in [0.15, 0.2) is 6.10 Å². The highest BCUT2D eigenvalue weighted by atomic mass is 16.6. The molecule has 0 aromatic carbocycles. The fourth-order valence-corrected chi connectivity index (χ4v) is 9.18. The zero-order valence-electron chi connectivity index (χ0n) is 50.7. The van der Waals surface area contributed by atoms with Crippen LogP contribution in [0.4, 0.5) is 0 Å². The van der Waals surface area contributed by atoms with Gasteiger partial charge in [0.2, 0.25) is 0 Å². The minimum absolute atomic E-state index is 0.0802. The van der Waals surface area contributed by atoms with Gasteiger partial charge in [-0.05, 0) is 103 Å². The van der Waals surface area contributed by atoms with Crippen LogP contribution in [-0.2, 0) is 28.6 Å². The normalized spacial score (nSPS) is 12.7. The fraction of sp³-hybridized carbons (Fsp3) is 0.732. The van der Waals surface area contributed by atoms with Crippen LogP contribution in [0.3, 0.4) is 0 Å². The van der Waals surface area contributed by atoms with Crippen molar-refractivity contribution in [2.75, 3.05) is 13.2 Å². The molecular weight excluding hydrogens is 949 g/mol. The summed E-state index contributed by atoms with van der Waals surface area (Å²) >= 11 is 0. The van der Waals surface area contributed by atoms with E-state index in [1.807, 2.05) is 0 Å². The second-order valence-electron chi connectivity index (χ2n) is 21.6. The van der Waals surface area contributed by atoms with E-state index in [9.17, 15) is 14.4 Å². The molecule has 0 saturated heterocycles. The van der Waals surface area contributed by atoms with E-state index in [4.69, 9.17) is 14.2 Å². The monoisotopic (exact) mass is 1070 g/mol. The molecule has 0 saturated carbocycles. The first kappa shape index (κ1) is 73.3. The van der Waals surface area contributed by atoms with Crippen molar-refractivity contribution in [2.45, 2.75) is 322 Å². The van der Waals surface area contributed by atoms with Gasteiger partial charge < -0.3 is 14.2 Å². The van der Waals surface area contributed by atoms with E-state index in [-0.39, 0.29) is 31.1 Å². The molecule has 0 aliphatic heterocycles. The number of allylic oxidation sites excluding steroid dienone is 16. The van der Waals surface area contributed by atoms with Crippen LogP contribution in [0.2, 0.25) is 0 Å². The summed E-state index contributed by atoms with van der Waals surface area (Å²) < 4.78 is 16.9. The molecule has 0 radical (unpaired) electrons. The second-order valence-corrected chi connectivity index (χ2v) is 21.6. The molecule has 0 N–H and O–H groups in total. The summed E-state index contributed by atoms with van der Waals surface area (Å²) in [4.78, 5) is 38.3. The van der Waals surface area contributed by atoms with Crippen molar-refractivity contribution < 1.29 is 28.6 Å². The number of unbranched alkanes of at least 4 members (excludes halogenated alkanes) is 32. The average molecular weight is 1070 g/mol. The standard InChI is InChI=1S/C71H122O6/c1-4-7-10-13-16-19-22-25-27-29-30-31-32-33-34-35-36-37-38-39-40-41-42-43-45-46-49-52-55-58-61-64-70(73)76-67-68(66-75-69(72)63-60-57-54-51-48-24-21-18-15-12-9-6-3)77-71(74)65-62-59-56-53-50-47-44-28-26-23-20-17-14-11-8-5-2/h7,10,16,18-19,21,25,27,30-31,33-34,36-37,39-40,68H,4-6,8-9,11-15,17,20,22-24,26,28-29,32,35,38,41-67H2,1-3H3/b10-7-,19-16-,21-18-,27-25-,31-30-,34-33-,37-36-,40-39-. The first-order chi connectivity index (χ1) is 38.0. The summed E-state index contributed by atoms with van der Waals surface area (Å²) in [5, 5.41) is 0. The van der Waals surface area contributed by atoms with E-state index in [1.165, 1.54) is 161 Å². The second kappa shape index (κ2) is 64.9. The highest BCUT2D eigenvalue weighted by Gasteiger charge is 2.19. The van der Waals surface area contributed by atoms with Gasteiger partial charge in [-0.25, -0.2) is 0 Å². The van der Waals surface area contributed by atoms with Gasteiger partial charge in [0, 0.05) is 19.3 Å². The smallest absolute Gasteiger partial charge is 0.306 e. The molecular formula is C71H122O6. The van der Waals surface area contributed by atoms with Gasteiger partial charge in [-0.15, -0.1) is 0 Å². The maximum Gasteiger partial charge on any atom is 0.306 e. The molecule has 442 valence electrons. The van der Waals surface area contributed by atoms with E-state index in [0.717, 1.165) is 116 Å². The van der Waals surface area contributed by atoms with Gasteiger partial charge in [-0.2, -0.15) is 0 Å². The largest absolute Gasteiger partial charge is 0.462 e. The molecule has 0 aliphatic carbocycles. The van der Waals surface area contributed by atoms with Crippen molar-refractivity contribution in [1.29, 1.82) is 0 Å². The van der Waals surface area contributed by atoms with Gasteiger partial charge in [0.05, 0.1) is 0 Å². The summed E-state index contributed by atoms with van der Waals surface area (Å²) in [6, 6.07) is 0. The highest BCUT2D eigenvalue weighted by molar-refractivity contribution is 5.71. The van der Waals surface area contributed by atoms with Gasteiger partial charge in [-0.1, -0.05) is 291 Å². The Hall–Kier alpha value is -3.67. The lowest BCUT2D eigenvalue weighted by molar-refractivity contribution is -0.167. The molecule has 0 amide bonds. The predicted octanol–water partition coefficient (Wildman–Crippen LogP) is 22.4. The Labute approximate surface area is 477 Å². The minimum atomic E-state index is -0.782. The van der Waals surface area contributed by atoms with Crippen molar-refractivity contribution in [2.24, 2.45) is 0 Å². The summed E-state index contributed by atoms with van der Waals surface area (Å²) in [7, 11) is 0. The van der Waals surface area contributed by atoms with Gasteiger partial charge in [0.1, 0.15) is 13.2 Å². The van der Waals surface area contributed by atoms with Gasteiger partial charge >= 0.3 is 17.9 Å². The number of rotatable bonds is 59. The topological polar surface area (TPSA) is 78.9 Å². The number of carbonyl (C=O) groups is 3. The van der Waals surface area contributed by atoms with E-state index < -0.39 is 6.10 Å². The van der Waals surface area contributed by atoms with Crippen molar-refractivity contribution in [1.82, 2.24) is 0 Å². The molecule has 0 aliphatic rings. The first-order valence-electron chi connectivity index (χ1n) is 32.7. The van der Waals surface area contributed by atoms with Crippen molar-refractivity contribution in [3.63, 3.8) is 0 Å². The molecule has 0 aromatic rings. The van der Waals surface area contributed by atoms with Crippen LogP contribution >= 0.6 is 0 Å². The van der Waals surface area contributed by atoms with E-state index in [1.54, 1.807) is 0 Å². The Morgan fingerprint density at radius 1 is 0.273 bits per heavy atom. The van der Waals surface area contributed by atoms with Crippen LogP contribution in [-0.4, -0.2) is 37.2 Å². The number of hydrogen-bond donors (Lipinski definition) is 0. The molecule has 1 atom stereocenters. The molecule has 6 nitrogen and oxygen atoms in total. The maximum absolute atomic E-state index is 12.9. The molecule has 1 unspecified atom stereocenters. The quantitative estimate of drug-likeness (QED) is 0.0261. The number of carbonyl (C=O) groups excluding carboxylic acids is 3. The lowest BCUT2D eigenvalue weighted by Crippen LogP contribution is -2.30. The third-order valence-corrected chi connectivity index (χ3v) is 14.1. The minimum Gasteiger partial charge on any atom is -0.462 e. The number of esters is 3. The summed E-state index contributed by atoms with van der Waals surface area (Å²) in [5.41, 5.74) is 0. The van der Waals surface area contributed by atoms with Crippen molar-refractivity contribution >= 4 is 17.9 Å². The van der Waals surface area contributed by atoms with Gasteiger partial charge in [0.25, 0.3) is 0 Å². The zero-order valence-corrected chi connectivity index (χ0v) is 50.7. The Balaban J connectivity index is 4.24. The Kier molecular flexibility index (Phi) is 61.8. The number of ether oxygens (including phenoxy) is 3. The summed E-state index contributed by atoms with van der Waals surface area (Å²) in [5.74, 6) is -0.882. The SMILES string of the molecule is CC/C=C\C/C=C\C/C=C\C/C=C\C/C=C\C/C=C\C/C=C\CCCCCCCCCCCC(=O)OCC(COC(=O)CCCCCCC/C=C\CCCCC)OC(=O)CCCCCCCCCCCCCCCCCC. The van der Waals surface area contributed by atoms with Crippen LogP contribution < -0.4 is 0 Å². The van der Waals surface area contributed by atoms with Crippen molar-refractivity contribution in [3.05, 3.63) is 97.2 Å². The third-order valence-electron chi connectivity index (χ3n) is 14.1. The lowest BCUT2D eigenvalue weighted by Gasteiger charge is -2.18. The van der Waals surface area contributed by atoms with Gasteiger partial charge in [-0.3, -0.25) is 14.4 Å². The van der Waals surface area contributed by atoms with Crippen LogP contribution in [0, 0.1) is 0 Å². The molecule has 6 heteroatoms. The molecule has 0 spiro atoms. The van der Waals surface area contributed by atoms with Crippen LogP contribution in [0.15, 0.2) is 97.2 Å². The Bertz CT molecular complexity index is 1510. The summed E-state index contributed by atoms with van der Waals surface area (Å²) in [6.07, 6.45) is 87.0. The molecule has 77 heavy (non-hydrogen) atoms. The Morgan fingerprint density at radius 3 is 0.831 bits per heavy atom. The maximum atomic E-state index is 12.9. The van der Waals surface area contributed by atoms with E-state index in [2.05, 4.69) is 118 Å². The van der Waals surface area contributed by atoms with Crippen LogP contribution in [0.5, 0.6) is 0 Å². The lowest BCUT2D eigenvalue weighted by atomic mass is 10.0. The molecule has 0 bridgehead atoms. The predicted molar refractivity (Wildman–Crippen MR) is 334 cm³/mol. The first-order valence-corrected chi connectivity index (χ1v) is 32.7. The number of hydrogen-bond acceptors (Lipinski definition) is 6. The van der Waals surface area contributed by atoms with E-state index in [0.29, 0.717) is 19.3 Å². The van der Waals surface area contributed by atoms with Crippen molar-refractivity contribution in [3.8, 4) is 0 Å². The molecule has 0 fully saturated rings. The Morgan fingerprint density at radius 2 is 0.506 bits per heavy atom. The molecule has 0 heterocycles. The van der Waals surface area contributed by atoms with E-state index >= 15 is 0 Å². The summed E-state index contributed by atoms with van der Waals surface area (Å²) in [6.45, 7) is 6.52. The molecule has 0 aromatic heterocycles. The average Bonchev–Trinajstić information content (AvgIpc) is 3.43. The fourth-order valence-electron chi connectivity index (χ4n) is 9.18. The highest BCUT2D eigenvalue weighted by Crippen LogP contribution is 2.17. The third kappa shape index (κ3) is 63.0. The van der Waals surface area contributed by atoms with Crippen LogP contribution in [0.1, 0.15) is 316 Å². The molecule has 0 rings (SSSR count). The zero-order chi connectivity index (χ0) is 55.7.